The molecule has 1 aromatic carbocycles. The normalized spacial score (nSPS) is 11.1. The largest absolute Gasteiger partial charge is 0.396 e. The molecule has 0 radical (unpaired) electrons. The summed E-state index contributed by atoms with van der Waals surface area (Å²) < 4.78 is 14.1. The van der Waals surface area contributed by atoms with Crippen LogP contribution in [-0.2, 0) is 0 Å². The Bertz CT molecular complexity index is 656. The Hall–Kier alpha value is -1.88. The third-order valence-electron chi connectivity index (χ3n) is 2.41. The zero-order valence-corrected chi connectivity index (χ0v) is 9.01. The zero-order chi connectivity index (χ0) is 11.1. The molecule has 3 aromatic rings. The average Bonchev–Trinajstić information content (AvgIpc) is 2.84. The lowest BCUT2D eigenvalue weighted by atomic mass is 10.2. The Morgan fingerprint density at radius 3 is 2.94 bits per heavy atom. The molecule has 0 amide bonds. The van der Waals surface area contributed by atoms with Gasteiger partial charge in [-0.15, -0.1) is 11.3 Å². The van der Waals surface area contributed by atoms with Crippen molar-refractivity contribution in [3.8, 4) is 10.6 Å². The Balaban J connectivity index is 2.27. The number of fused-ring (bicyclic) bond motifs is 1. The highest BCUT2D eigenvalue weighted by Crippen LogP contribution is 2.35. The molecule has 5 heteroatoms. The number of aromatic amines is 1. The molecule has 0 aliphatic carbocycles. The fourth-order valence-corrected chi connectivity index (χ4v) is 2.73. The molecular weight excluding hydrogens is 225 g/mol. The Morgan fingerprint density at radius 2 is 2.25 bits per heavy atom. The van der Waals surface area contributed by atoms with Crippen LogP contribution in [0.4, 0.5) is 10.1 Å². The molecule has 0 fully saturated rings. The number of aromatic nitrogens is 2. The highest BCUT2D eigenvalue weighted by molar-refractivity contribution is 7.22. The van der Waals surface area contributed by atoms with Gasteiger partial charge in [0.05, 0.1) is 27.2 Å². The number of benzene rings is 1. The molecular formula is C11H8FN3S. The van der Waals surface area contributed by atoms with E-state index in [1.165, 1.54) is 17.4 Å². The molecule has 0 aliphatic heterocycles. The van der Waals surface area contributed by atoms with E-state index < -0.39 is 0 Å². The average molecular weight is 233 g/mol. The molecule has 2 heterocycles. The Morgan fingerprint density at radius 1 is 1.38 bits per heavy atom. The minimum Gasteiger partial charge on any atom is -0.396 e. The van der Waals surface area contributed by atoms with E-state index in [4.69, 9.17) is 5.73 Å². The van der Waals surface area contributed by atoms with Gasteiger partial charge in [-0.25, -0.2) is 4.39 Å². The fourth-order valence-electron chi connectivity index (χ4n) is 1.64. The Kier molecular flexibility index (Phi) is 1.94. The van der Waals surface area contributed by atoms with E-state index >= 15 is 0 Å². The van der Waals surface area contributed by atoms with Gasteiger partial charge < -0.3 is 5.73 Å². The molecule has 80 valence electrons. The van der Waals surface area contributed by atoms with E-state index in [2.05, 4.69) is 10.2 Å². The number of rotatable bonds is 1. The van der Waals surface area contributed by atoms with Gasteiger partial charge in [-0.05, 0) is 17.5 Å². The lowest BCUT2D eigenvalue weighted by Crippen LogP contribution is -1.83. The summed E-state index contributed by atoms with van der Waals surface area (Å²) in [5.74, 6) is -0.202. The molecule has 16 heavy (non-hydrogen) atoms. The second-order valence-corrected chi connectivity index (χ2v) is 4.52. The van der Waals surface area contributed by atoms with E-state index in [0.29, 0.717) is 10.4 Å². The number of nitrogens with two attached hydrogens (primary N) is 1. The maximum absolute atomic E-state index is 13.5. The first-order valence-corrected chi connectivity index (χ1v) is 5.54. The van der Waals surface area contributed by atoms with E-state index in [0.717, 1.165) is 16.0 Å². The standard InChI is InChI=1S/C11H8FN3S/c12-7-3-1-2-6-4-9(16-11(6)7)10-8(13)5-14-15-10/h1-5H,13H2,(H,14,15). The van der Waals surface area contributed by atoms with E-state index in [9.17, 15) is 4.39 Å². The molecule has 0 saturated heterocycles. The van der Waals surface area contributed by atoms with Gasteiger partial charge >= 0.3 is 0 Å². The van der Waals surface area contributed by atoms with Crippen molar-refractivity contribution in [3.63, 3.8) is 0 Å². The summed E-state index contributed by atoms with van der Waals surface area (Å²) in [4.78, 5) is 0.898. The lowest BCUT2D eigenvalue weighted by molar-refractivity contribution is 0.642. The number of hydrogen-bond donors (Lipinski definition) is 2. The van der Waals surface area contributed by atoms with Crippen molar-refractivity contribution in [3.05, 3.63) is 36.3 Å². The first kappa shape index (κ1) is 9.35. The second kappa shape index (κ2) is 3.31. The van der Waals surface area contributed by atoms with Crippen LogP contribution in [0.15, 0.2) is 30.5 Å². The molecule has 0 spiro atoms. The summed E-state index contributed by atoms with van der Waals surface area (Å²) in [6.45, 7) is 0. The fraction of sp³-hybridized carbons (Fsp3) is 0. The topological polar surface area (TPSA) is 54.7 Å². The van der Waals surface area contributed by atoms with E-state index in [1.54, 1.807) is 12.3 Å². The number of nitrogens with one attached hydrogen (secondary N) is 1. The van der Waals surface area contributed by atoms with Gasteiger partial charge in [-0.2, -0.15) is 5.10 Å². The maximum atomic E-state index is 13.5. The quantitative estimate of drug-likeness (QED) is 0.678. The molecule has 2 aromatic heterocycles. The smallest absolute Gasteiger partial charge is 0.141 e. The number of hydrogen-bond acceptors (Lipinski definition) is 3. The number of nitrogen functional groups attached to an aromatic ring is 1. The van der Waals surface area contributed by atoms with Crippen molar-refractivity contribution in [1.82, 2.24) is 10.2 Å². The number of halogens is 1. The molecule has 0 saturated carbocycles. The molecule has 0 unspecified atom stereocenters. The van der Waals surface area contributed by atoms with E-state index in [1.807, 2.05) is 12.1 Å². The molecule has 3 N–H and O–H groups in total. The first-order chi connectivity index (χ1) is 7.75. The molecule has 0 bridgehead atoms. The van der Waals surface area contributed by atoms with Gasteiger partial charge in [0.2, 0.25) is 0 Å². The van der Waals surface area contributed by atoms with Gasteiger partial charge in [-0.1, -0.05) is 12.1 Å². The van der Waals surface area contributed by atoms with Crippen LogP contribution in [-0.4, -0.2) is 10.2 Å². The van der Waals surface area contributed by atoms with Crippen LogP contribution in [0.2, 0.25) is 0 Å². The van der Waals surface area contributed by atoms with Crippen LogP contribution in [0.1, 0.15) is 0 Å². The van der Waals surface area contributed by atoms with E-state index in [-0.39, 0.29) is 5.82 Å². The van der Waals surface area contributed by atoms with Crippen LogP contribution in [0.5, 0.6) is 0 Å². The molecule has 3 nitrogen and oxygen atoms in total. The van der Waals surface area contributed by atoms with Gasteiger partial charge in [0.15, 0.2) is 0 Å². The SMILES string of the molecule is Nc1cn[nH]c1-c1cc2cccc(F)c2s1. The monoisotopic (exact) mass is 233 g/mol. The van der Waals surface area contributed by atoms with Crippen LogP contribution >= 0.6 is 11.3 Å². The van der Waals surface area contributed by atoms with Crippen molar-refractivity contribution >= 4 is 27.1 Å². The van der Waals surface area contributed by atoms with Gasteiger partial charge in [0.25, 0.3) is 0 Å². The highest BCUT2D eigenvalue weighted by atomic mass is 32.1. The van der Waals surface area contributed by atoms with Crippen molar-refractivity contribution < 1.29 is 4.39 Å². The molecule has 0 atom stereocenters. The minimum atomic E-state index is -0.202. The number of H-pyrrole nitrogens is 1. The van der Waals surface area contributed by atoms with Gasteiger partial charge in [0.1, 0.15) is 5.82 Å². The summed E-state index contributed by atoms with van der Waals surface area (Å²) in [5.41, 5.74) is 7.08. The summed E-state index contributed by atoms with van der Waals surface area (Å²) in [5, 5.41) is 7.55. The minimum absolute atomic E-state index is 0.202. The summed E-state index contributed by atoms with van der Waals surface area (Å²) in [7, 11) is 0. The summed E-state index contributed by atoms with van der Waals surface area (Å²) in [6.07, 6.45) is 1.55. The maximum Gasteiger partial charge on any atom is 0.141 e. The molecule has 0 aliphatic rings. The highest BCUT2D eigenvalue weighted by Gasteiger charge is 2.10. The van der Waals surface area contributed by atoms with Crippen molar-refractivity contribution in [2.75, 3.05) is 5.73 Å². The van der Waals surface area contributed by atoms with Crippen LogP contribution in [0.3, 0.4) is 0 Å². The van der Waals surface area contributed by atoms with Crippen LogP contribution in [0.25, 0.3) is 20.7 Å². The van der Waals surface area contributed by atoms with Crippen molar-refractivity contribution in [1.29, 1.82) is 0 Å². The zero-order valence-electron chi connectivity index (χ0n) is 8.20. The van der Waals surface area contributed by atoms with Gasteiger partial charge in [-0.3, -0.25) is 5.10 Å². The van der Waals surface area contributed by atoms with Gasteiger partial charge in [0, 0.05) is 0 Å². The number of nitrogens with zero attached hydrogens (tertiary/aromatic N) is 1. The van der Waals surface area contributed by atoms with Crippen LogP contribution in [0, 0.1) is 5.82 Å². The van der Waals surface area contributed by atoms with Crippen molar-refractivity contribution in [2.24, 2.45) is 0 Å². The van der Waals surface area contributed by atoms with Crippen LogP contribution < -0.4 is 5.73 Å². The lowest BCUT2D eigenvalue weighted by Gasteiger charge is -1.91. The predicted octanol–water partition coefficient (Wildman–Crippen LogP) is 3.01. The third kappa shape index (κ3) is 1.29. The summed E-state index contributed by atoms with van der Waals surface area (Å²) >= 11 is 1.37. The molecule has 3 rings (SSSR count). The third-order valence-corrected chi connectivity index (χ3v) is 3.59. The number of anilines is 1. The Labute approximate surface area is 94.7 Å². The predicted molar refractivity (Wildman–Crippen MR) is 63.8 cm³/mol. The number of thiophene rings is 1. The summed E-state index contributed by atoms with van der Waals surface area (Å²) in [6, 6.07) is 6.95. The second-order valence-electron chi connectivity index (χ2n) is 3.47. The first-order valence-electron chi connectivity index (χ1n) is 4.73. The van der Waals surface area contributed by atoms with Crippen molar-refractivity contribution in [2.45, 2.75) is 0 Å².